The minimum atomic E-state index is -0.00777. The van der Waals surface area contributed by atoms with Crippen LogP contribution < -0.4 is 11.1 Å². The van der Waals surface area contributed by atoms with Crippen LogP contribution in [0.2, 0.25) is 5.02 Å². The second-order valence-electron chi connectivity index (χ2n) is 6.15. The van der Waals surface area contributed by atoms with Crippen molar-refractivity contribution in [3.05, 3.63) is 35.5 Å². The molecule has 3 rings (SSSR count). The molecule has 2 atom stereocenters. The molecule has 0 bridgehead atoms. The Kier molecular flexibility index (Phi) is 4.05. The predicted molar refractivity (Wildman–Crippen MR) is 89.8 cm³/mol. The minimum Gasteiger partial charge on any atom is -0.377 e. The number of nitrogens with one attached hydrogen (secondary N) is 1. The molecule has 1 fully saturated rings. The van der Waals surface area contributed by atoms with E-state index in [2.05, 4.69) is 17.2 Å². The maximum absolute atomic E-state index is 6.15. The second kappa shape index (κ2) is 5.82. The van der Waals surface area contributed by atoms with E-state index in [0.717, 1.165) is 23.0 Å². The van der Waals surface area contributed by atoms with Gasteiger partial charge >= 0.3 is 0 Å². The standard InChI is InChI=1S/C17H22ClN3/c1-12-4-2-3-8-17(12,11-19)21-15-7-9-20-16-10-13(18)5-6-14(15)16/h5-7,9-10,12H,2-4,8,11,19H2,1H3,(H,20,21). The van der Waals surface area contributed by atoms with Gasteiger partial charge in [0.25, 0.3) is 0 Å². The van der Waals surface area contributed by atoms with Gasteiger partial charge in [-0.1, -0.05) is 31.4 Å². The molecule has 2 unspecified atom stereocenters. The highest BCUT2D eigenvalue weighted by Gasteiger charge is 2.37. The zero-order valence-electron chi connectivity index (χ0n) is 12.4. The molecule has 21 heavy (non-hydrogen) atoms. The molecular weight excluding hydrogens is 282 g/mol. The Morgan fingerprint density at radius 2 is 2.24 bits per heavy atom. The molecule has 1 aromatic carbocycles. The van der Waals surface area contributed by atoms with Crippen molar-refractivity contribution in [2.75, 3.05) is 11.9 Å². The fraction of sp³-hybridized carbons (Fsp3) is 0.471. The fourth-order valence-electron chi connectivity index (χ4n) is 3.45. The number of nitrogens with two attached hydrogens (primary N) is 1. The van der Waals surface area contributed by atoms with Crippen LogP contribution in [0, 0.1) is 5.92 Å². The molecule has 4 heteroatoms. The van der Waals surface area contributed by atoms with Gasteiger partial charge in [0.05, 0.1) is 11.1 Å². The van der Waals surface area contributed by atoms with E-state index < -0.39 is 0 Å². The van der Waals surface area contributed by atoms with Gasteiger partial charge in [0.2, 0.25) is 0 Å². The summed E-state index contributed by atoms with van der Waals surface area (Å²) in [5.74, 6) is 0.576. The maximum Gasteiger partial charge on any atom is 0.0737 e. The lowest BCUT2D eigenvalue weighted by molar-refractivity contribution is 0.236. The largest absolute Gasteiger partial charge is 0.377 e. The summed E-state index contributed by atoms with van der Waals surface area (Å²) in [6.07, 6.45) is 6.74. The van der Waals surface area contributed by atoms with E-state index in [0.29, 0.717) is 17.5 Å². The Balaban J connectivity index is 2.00. The smallest absolute Gasteiger partial charge is 0.0737 e. The van der Waals surface area contributed by atoms with Crippen molar-refractivity contribution < 1.29 is 0 Å². The summed E-state index contributed by atoms with van der Waals surface area (Å²) in [7, 11) is 0. The first-order valence-corrected chi connectivity index (χ1v) is 8.05. The van der Waals surface area contributed by atoms with E-state index >= 15 is 0 Å². The first-order valence-electron chi connectivity index (χ1n) is 7.67. The van der Waals surface area contributed by atoms with E-state index in [1.165, 1.54) is 19.3 Å². The summed E-state index contributed by atoms with van der Waals surface area (Å²) in [6.45, 7) is 2.96. The van der Waals surface area contributed by atoms with Crippen molar-refractivity contribution in [3.63, 3.8) is 0 Å². The first kappa shape index (κ1) is 14.6. The van der Waals surface area contributed by atoms with Crippen molar-refractivity contribution >= 4 is 28.2 Å². The Labute approximate surface area is 130 Å². The summed E-state index contributed by atoms with van der Waals surface area (Å²) in [6, 6.07) is 7.89. The number of pyridine rings is 1. The lowest BCUT2D eigenvalue weighted by atomic mass is 9.73. The molecule has 1 aromatic heterocycles. The molecule has 1 aliphatic rings. The maximum atomic E-state index is 6.15. The molecule has 3 nitrogen and oxygen atoms in total. The van der Waals surface area contributed by atoms with E-state index in [4.69, 9.17) is 17.3 Å². The minimum absolute atomic E-state index is 0.00777. The summed E-state index contributed by atoms with van der Waals surface area (Å²) in [5, 5.41) is 5.57. The Hall–Kier alpha value is -1.32. The molecule has 2 aromatic rings. The molecule has 1 saturated carbocycles. The zero-order valence-corrected chi connectivity index (χ0v) is 13.2. The highest BCUT2D eigenvalue weighted by atomic mass is 35.5. The van der Waals surface area contributed by atoms with E-state index in [1.807, 2.05) is 30.5 Å². The zero-order chi connectivity index (χ0) is 14.9. The van der Waals surface area contributed by atoms with Crippen molar-refractivity contribution in [2.45, 2.75) is 38.1 Å². The van der Waals surface area contributed by atoms with Gasteiger partial charge in [-0.05, 0) is 43.0 Å². The highest BCUT2D eigenvalue weighted by molar-refractivity contribution is 6.31. The summed E-state index contributed by atoms with van der Waals surface area (Å²) in [5.41, 5.74) is 8.16. The molecular formula is C17H22ClN3. The average Bonchev–Trinajstić information content (AvgIpc) is 2.49. The third-order valence-corrected chi connectivity index (χ3v) is 5.14. The van der Waals surface area contributed by atoms with Gasteiger partial charge in [-0.3, -0.25) is 4.98 Å². The molecule has 3 N–H and O–H groups in total. The van der Waals surface area contributed by atoms with Crippen LogP contribution >= 0.6 is 11.6 Å². The van der Waals surface area contributed by atoms with Gasteiger partial charge in [0.1, 0.15) is 0 Å². The number of rotatable bonds is 3. The monoisotopic (exact) mass is 303 g/mol. The lowest BCUT2D eigenvalue weighted by Crippen LogP contribution is -2.52. The molecule has 0 aliphatic heterocycles. The third-order valence-electron chi connectivity index (χ3n) is 4.91. The number of fused-ring (bicyclic) bond motifs is 1. The summed E-state index contributed by atoms with van der Waals surface area (Å²) < 4.78 is 0. The normalized spacial score (nSPS) is 26.0. The van der Waals surface area contributed by atoms with Crippen LogP contribution in [0.4, 0.5) is 5.69 Å². The Morgan fingerprint density at radius 1 is 1.38 bits per heavy atom. The number of hydrogen-bond acceptors (Lipinski definition) is 3. The molecule has 0 spiro atoms. The molecule has 0 amide bonds. The average molecular weight is 304 g/mol. The Bertz CT molecular complexity index is 643. The van der Waals surface area contributed by atoms with Crippen LogP contribution in [0.5, 0.6) is 0 Å². The predicted octanol–water partition coefficient (Wildman–Crippen LogP) is 4.21. The number of anilines is 1. The van der Waals surface area contributed by atoms with Crippen molar-refractivity contribution in [3.8, 4) is 0 Å². The van der Waals surface area contributed by atoms with Crippen LogP contribution in [0.15, 0.2) is 30.5 Å². The van der Waals surface area contributed by atoms with Gasteiger partial charge in [-0.2, -0.15) is 0 Å². The van der Waals surface area contributed by atoms with E-state index in [-0.39, 0.29) is 5.54 Å². The van der Waals surface area contributed by atoms with Gasteiger partial charge in [-0.15, -0.1) is 0 Å². The van der Waals surface area contributed by atoms with Gasteiger partial charge < -0.3 is 11.1 Å². The Morgan fingerprint density at radius 3 is 3.00 bits per heavy atom. The van der Waals surface area contributed by atoms with E-state index in [9.17, 15) is 0 Å². The van der Waals surface area contributed by atoms with Gasteiger partial charge in [0.15, 0.2) is 0 Å². The van der Waals surface area contributed by atoms with Crippen molar-refractivity contribution in [2.24, 2.45) is 11.7 Å². The van der Waals surface area contributed by atoms with Crippen LogP contribution in [0.25, 0.3) is 10.9 Å². The summed E-state index contributed by atoms with van der Waals surface area (Å²) >= 11 is 6.06. The molecule has 0 radical (unpaired) electrons. The molecule has 0 saturated heterocycles. The van der Waals surface area contributed by atoms with Crippen LogP contribution in [0.1, 0.15) is 32.6 Å². The molecule has 112 valence electrons. The van der Waals surface area contributed by atoms with Crippen molar-refractivity contribution in [1.82, 2.24) is 4.98 Å². The van der Waals surface area contributed by atoms with Crippen LogP contribution in [0.3, 0.4) is 0 Å². The van der Waals surface area contributed by atoms with Gasteiger partial charge in [-0.25, -0.2) is 0 Å². The first-order chi connectivity index (χ1) is 10.1. The van der Waals surface area contributed by atoms with E-state index in [1.54, 1.807) is 0 Å². The SMILES string of the molecule is CC1CCCCC1(CN)Nc1ccnc2cc(Cl)ccc12. The molecule has 1 heterocycles. The van der Waals surface area contributed by atoms with Crippen LogP contribution in [-0.2, 0) is 0 Å². The number of halogens is 1. The number of hydrogen-bond donors (Lipinski definition) is 2. The summed E-state index contributed by atoms with van der Waals surface area (Å²) in [4.78, 5) is 4.41. The van der Waals surface area contributed by atoms with Crippen molar-refractivity contribution in [1.29, 1.82) is 0 Å². The van der Waals surface area contributed by atoms with Gasteiger partial charge in [0, 0.05) is 28.8 Å². The topological polar surface area (TPSA) is 50.9 Å². The second-order valence-corrected chi connectivity index (χ2v) is 6.59. The third kappa shape index (κ3) is 2.72. The number of nitrogens with zero attached hydrogens (tertiary/aromatic N) is 1. The number of aromatic nitrogens is 1. The highest BCUT2D eigenvalue weighted by Crippen LogP contribution is 2.37. The lowest BCUT2D eigenvalue weighted by Gasteiger charge is -2.43. The quantitative estimate of drug-likeness (QED) is 0.893. The van der Waals surface area contributed by atoms with Crippen LogP contribution in [-0.4, -0.2) is 17.1 Å². The number of benzene rings is 1. The molecule has 1 aliphatic carbocycles. The fourth-order valence-corrected chi connectivity index (χ4v) is 3.62.